The monoisotopic (exact) mass is 176 g/mol. The molecule has 1 nitrogen and oxygen atoms in total. The van der Waals surface area contributed by atoms with Gasteiger partial charge in [0.05, 0.1) is 12.9 Å². The van der Waals surface area contributed by atoms with Crippen LogP contribution in [0.2, 0.25) is 0 Å². The molecule has 0 aliphatic rings. The summed E-state index contributed by atoms with van der Waals surface area (Å²) in [7, 11) is 1.73. The van der Waals surface area contributed by atoms with Gasteiger partial charge in [0.25, 0.3) is 0 Å². The van der Waals surface area contributed by atoms with Crippen LogP contribution in [0.3, 0.4) is 0 Å². The van der Waals surface area contributed by atoms with Gasteiger partial charge in [0.15, 0.2) is 0 Å². The van der Waals surface area contributed by atoms with Crippen LogP contribution in [0.1, 0.15) is 25.3 Å². The van der Waals surface area contributed by atoms with E-state index in [0.29, 0.717) is 0 Å². The van der Waals surface area contributed by atoms with Crippen molar-refractivity contribution >= 4 is 6.08 Å². The third kappa shape index (κ3) is 3.32. The summed E-state index contributed by atoms with van der Waals surface area (Å²) in [5, 5.41) is 0. The number of rotatable bonds is 4. The Balaban J connectivity index is 2.73. The van der Waals surface area contributed by atoms with E-state index in [1.807, 2.05) is 18.2 Å². The predicted molar refractivity (Wildman–Crippen MR) is 56.3 cm³/mol. The van der Waals surface area contributed by atoms with Gasteiger partial charge < -0.3 is 4.74 Å². The minimum absolute atomic E-state index is 1.01. The number of hydrogen-bond acceptors (Lipinski definition) is 1. The van der Waals surface area contributed by atoms with Crippen LogP contribution in [-0.2, 0) is 4.74 Å². The lowest BCUT2D eigenvalue weighted by Crippen LogP contribution is -1.85. The number of methoxy groups -OCH3 is 1. The van der Waals surface area contributed by atoms with Crippen molar-refractivity contribution in [2.75, 3.05) is 7.11 Å². The Hall–Kier alpha value is -1.24. The summed E-state index contributed by atoms with van der Waals surface area (Å²) in [5.41, 5.74) is 1.20. The normalized spacial score (nSPS) is 11.4. The average Bonchev–Trinajstić information content (AvgIpc) is 2.19. The van der Waals surface area contributed by atoms with Crippen LogP contribution >= 0.6 is 0 Å². The van der Waals surface area contributed by atoms with Crippen molar-refractivity contribution in [2.24, 2.45) is 0 Å². The fraction of sp³-hybridized carbons (Fsp3) is 0.333. The minimum Gasteiger partial charge on any atom is -0.501 e. The van der Waals surface area contributed by atoms with E-state index in [4.69, 9.17) is 4.74 Å². The van der Waals surface area contributed by atoms with E-state index in [1.54, 1.807) is 7.11 Å². The van der Waals surface area contributed by atoms with Gasteiger partial charge in [-0.2, -0.15) is 0 Å². The summed E-state index contributed by atoms with van der Waals surface area (Å²) >= 11 is 0. The molecule has 0 fully saturated rings. The molecule has 0 aromatic heterocycles. The lowest BCUT2D eigenvalue weighted by Gasteiger charge is -2.03. The van der Waals surface area contributed by atoms with Crippen molar-refractivity contribution < 1.29 is 4.74 Å². The molecule has 1 aromatic rings. The van der Waals surface area contributed by atoms with Gasteiger partial charge in [-0.3, -0.25) is 0 Å². The second kappa shape index (κ2) is 5.41. The molecule has 0 saturated carbocycles. The van der Waals surface area contributed by atoms with Crippen molar-refractivity contribution in [3.63, 3.8) is 0 Å². The van der Waals surface area contributed by atoms with Gasteiger partial charge in [0.2, 0.25) is 0 Å². The maximum absolute atomic E-state index is 5.26. The molecule has 0 spiro atoms. The van der Waals surface area contributed by atoms with Crippen molar-refractivity contribution in [3.05, 3.63) is 41.7 Å². The second-order valence-corrected chi connectivity index (χ2v) is 2.98. The first-order chi connectivity index (χ1) is 6.36. The number of allylic oxidation sites excluding steroid dienone is 1. The highest BCUT2D eigenvalue weighted by atomic mass is 16.5. The second-order valence-electron chi connectivity index (χ2n) is 2.98. The van der Waals surface area contributed by atoms with E-state index < -0.39 is 0 Å². The molecule has 0 radical (unpaired) electrons. The molecular formula is C12H16O. The molecule has 0 heterocycles. The predicted octanol–water partition coefficient (Wildman–Crippen LogP) is 3.47. The van der Waals surface area contributed by atoms with Crippen molar-refractivity contribution in [1.29, 1.82) is 0 Å². The molecule has 0 aliphatic heterocycles. The molecule has 0 aliphatic carbocycles. The van der Waals surface area contributed by atoms with Crippen molar-refractivity contribution in [1.82, 2.24) is 0 Å². The molecule has 0 bridgehead atoms. The lowest BCUT2D eigenvalue weighted by molar-refractivity contribution is 0.280. The molecular weight excluding hydrogens is 160 g/mol. The van der Waals surface area contributed by atoms with E-state index in [9.17, 15) is 0 Å². The Morgan fingerprint density at radius 2 is 2.00 bits per heavy atom. The van der Waals surface area contributed by atoms with Crippen LogP contribution in [0, 0.1) is 0 Å². The largest absolute Gasteiger partial charge is 0.501 e. The molecule has 1 aromatic carbocycles. The summed E-state index contributed by atoms with van der Waals surface area (Å²) in [4.78, 5) is 0. The first-order valence-electron chi connectivity index (χ1n) is 4.66. The molecule has 0 N–H and O–H groups in total. The number of ether oxygens (including phenoxy) is 1. The molecule has 0 saturated heterocycles. The first kappa shape index (κ1) is 9.85. The molecule has 13 heavy (non-hydrogen) atoms. The minimum atomic E-state index is 1.01. The highest BCUT2D eigenvalue weighted by molar-refractivity contribution is 5.50. The van der Waals surface area contributed by atoms with Gasteiger partial charge in [0, 0.05) is 6.42 Å². The zero-order valence-corrected chi connectivity index (χ0v) is 8.29. The maximum Gasteiger partial charge on any atom is 0.0961 e. The quantitative estimate of drug-likeness (QED) is 0.638. The van der Waals surface area contributed by atoms with Crippen LogP contribution in [0.15, 0.2) is 36.1 Å². The Labute approximate surface area is 80.0 Å². The summed E-state index contributed by atoms with van der Waals surface area (Å²) in [6.45, 7) is 2.15. The highest BCUT2D eigenvalue weighted by Gasteiger charge is 1.94. The van der Waals surface area contributed by atoms with Crippen LogP contribution in [0.25, 0.3) is 6.08 Å². The van der Waals surface area contributed by atoms with Gasteiger partial charge in [-0.1, -0.05) is 37.3 Å². The van der Waals surface area contributed by atoms with Gasteiger partial charge >= 0.3 is 0 Å². The fourth-order valence-corrected chi connectivity index (χ4v) is 1.21. The zero-order valence-electron chi connectivity index (χ0n) is 8.29. The van der Waals surface area contributed by atoms with E-state index in [-0.39, 0.29) is 0 Å². The first-order valence-corrected chi connectivity index (χ1v) is 4.66. The summed E-state index contributed by atoms with van der Waals surface area (Å²) in [6, 6.07) is 10.2. The summed E-state index contributed by atoms with van der Waals surface area (Å²) < 4.78 is 5.26. The average molecular weight is 176 g/mol. The van der Waals surface area contributed by atoms with Gasteiger partial charge in [-0.05, 0) is 18.1 Å². The third-order valence-electron chi connectivity index (χ3n) is 1.89. The topological polar surface area (TPSA) is 9.23 Å². The van der Waals surface area contributed by atoms with Gasteiger partial charge in [-0.25, -0.2) is 0 Å². The van der Waals surface area contributed by atoms with E-state index in [0.717, 1.165) is 18.6 Å². The van der Waals surface area contributed by atoms with Crippen LogP contribution in [0.4, 0.5) is 0 Å². The molecule has 0 amide bonds. The Kier molecular flexibility index (Phi) is 4.10. The molecule has 1 heteroatoms. The Bertz CT molecular complexity index is 262. The lowest BCUT2D eigenvalue weighted by atomic mass is 10.1. The maximum atomic E-state index is 5.26. The Morgan fingerprint density at radius 3 is 2.54 bits per heavy atom. The third-order valence-corrected chi connectivity index (χ3v) is 1.89. The smallest absolute Gasteiger partial charge is 0.0961 e. The fourth-order valence-electron chi connectivity index (χ4n) is 1.21. The summed E-state index contributed by atoms with van der Waals surface area (Å²) in [5.74, 6) is 1.05. The standard InChI is InChI=1S/C12H16O/c1-3-7-12(13-2)10-11-8-5-4-6-9-11/h4-6,8-10H,3,7H2,1-2H3. The summed E-state index contributed by atoms with van der Waals surface area (Å²) in [6.07, 6.45) is 4.21. The van der Waals surface area contributed by atoms with E-state index in [1.165, 1.54) is 5.56 Å². The molecule has 0 unspecified atom stereocenters. The van der Waals surface area contributed by atoms with Crippen molar-refractivity contribution in [3.8, 4) is 0 Å². The van der Waals surface area contributed by atoms with Gasteiger partial charge in [0.1, 0.15) is 0 Å². The van der Waals surface area contributed by atoms with Crippen LogP contribution in [0.5, 0.6) is 0 Å². The molecule has 0 atom stereocenters. The van der Waals surface area contributed by atoms with E-state index in [2.05, 4.69) is 25.1 Å². The van der Waals surface area contributed by atoms with Crippen LogP contribution < -0.4 is 0 Å². The molecule has 70 valence electrons. The Morgan fingerprint density at radius 1 is 1.31 bits per heavy atom. The number of benzene rings is 1. The SMILES string of the molecule is CCCC(=Cc1ccccc1)OC. The zero-order chi connectivity index (χ0) is 9.52. The van der Waals surface area contributed by atoms with Crippen molar-refractivity contribution in [2.45, 2.75) is 19.8 Å². The number of hydrogen-bond donors (Lipinski definition) is 0. The van der Waals surface area contributed by atoms with Crippen LogP contribution in [-0.4, -0.2) is 7.11 Å². The molecule has 1 rings (SSSR count). The highest BCUT2D eigenvalue weighted by Crippen LogP contribution is 2.11. The van der Waals surface area contributed by atoms with Gasteiger partial charge in [-0.15, -0.1) is 0 Å². The van der Waals surface area contributed by atoms with E-state index >= 15 is 0 Å².